The monoisotopic (exact) mass is 322 g/mol. The Morgan fingerprint density at radius 3 is 2.55 bits per heavy atom. The molecule has 0 bridgehead atoms. The number of aryl methyl sites for hydroxylation is 1. The van der Waals surface area contributed by atoms with E-state index in [9.17, 15) is 9.90 Å². The summed E-state index contributed by atoms with van der Waals surface area (Å²) in [7, 11) is 5.02. The van der Waals surface area contributed by atoms with E-state index in [0.717, 1.165) is 17.0 Å². The molecule has 0 aliphatic heterocycles. The molecular weight excluding hydrogens is 304 g/mol. The van der Waals surface area contributed by atoms with Crippen molar-refractivity contribution in [2.24, 2.45) is 14.1 Å². The number of halogens is 1. The number of benzene rings is 1. The predicted octanol–water partition coefficient (Wildman–Crippen LogP) is -1.59. The molecule has 0 aliphatic carbocycles. The van der Waals surface area contributed by atoms with Crippen molar-refractivity contribution in [1.29, 1.82) is 0 Å². The highest BCUT2D eigenvalue weighted by atomic mass is 35.5. The van der Waals surface area contributed by atoms with E-state index < -0.39 is 0 Å². The summed E-state index contributed by atoms with van der Waals surface area (Å²) in [5.74, 6) is 0.720. The Kier molecular flexibility index (Phi) is 5.77. The van der Waals surface area contributed by atoms with Crippen LogP contribution in [0.5, 0.6) is 11.5 Å². The Labute approximate surface area is 135 Å². The number of ether oxygens (including phenoxy) is 1. The second-order valence-electron chi connectivity index (χ2n) is 4.91. The molecule has 0 saturated heterocycles. The molecule has 5 nitrogen and oxygen atoms in total. The minimum absolute atomic E-state index is 0. The summed E-state index contributed by atoms with van der Waals surface area (Å²) >= 11 is 0. The highest BCUT2D eigenvalue weighted by Crippen LogP contribution is 2.22. The number of aromatic nitrogens is 2. The van der Waals surface area contributed by atoms with Crippen molar-refractivity contribution in [1.82, 2.24) is 4.57 Å². The van der Waals surface area contributed by atoms with Gasteiger partial charge in [0.2, 0.25) is 0 Å². The van der Waals surface area contributed by atoms with Gasteiger partial charge in [-0.3, -0.25) is 0 Å². The Morgan fingerprint density at radius 1 is 1.23 bits per heavy atom. The van der Waals surface area contributed by atoms with Crippen LogP contribution in [-0.4, -0.2) is 16.8 Å². The molecule has 2 aromatic rings. The van der Waals surface area contributed by atoms with E-state index in [-0.39, 0.29) is 23.8 Å². The van der Waals surface area contributed by atoms with Gasteiger partial charge in [-0.25, -0.2) is 0 Å². The van der Waals surface area contributed by atoms with Gasteiger partial charge >= 0.3 is 5.69 Å². The van der Waals surface area contributed by atoms with E-state index in [2.05, 4.69) is 0 Å². The number of hydrogen-bond acceptors (Lipinski definition) is 3. The number of hydrogen-bond donors (Lipinski definition) is 1. The topological polar surface area (TPSA) is 55.3 Å². The standard InChI is InChI=1S/C16H18N2O3.ClH/c1-11-7-13(18(3)16(20)17(11)2)6-5-12-8-14(19)10-15(9-12)21-4;/h5-10H,1-4H3;1H. The van der Waals surface area contributed by atoms with Gasteiger partial charge in [-0.05, 0) is 30.7 Å². The maximum Gasteiger partial charge on any atom is 0.498 e. The largest absolute Gasteiger partial charge is 1.00 e. The first-order valence-electron chi connectivity index (χ1n) is 6.55. The SMILES string of the molecule is COc1cc(O)cc(C=Cc2cc(C)n(C)c(=O)[n+]2C)c1.[Cl-]. The zero-order chi connectivity index (χ0) is 15.6. The van der Waals surface area contributed by atoms with Gasteiger partial charge in [0.15, 0.2) is 0 Å². The van der Waals surface area contributed by atoms with Crippen LogP contribution in [-0.2, 0) is 14.1 Å². The number of methoxy groups -OCH3 is 1. The fraction of sp³-hybridized carbons (Fsp3) is 0.250. The van der Waals surface area contributed by atoms with Gasteiger partial charge in [-0.15, -0.1) is 0 Å². The molecule has 2 rings (SSSR count). The van der Waals surface area contributed by atoms with Crippen LogP contribution in [0.4, 0.5) is 0 Å². The van der Waals surface area contributed by atoms with Gasteiger partial charge in [-0.2, -0.15) is 13.9 Å². The second-order valence-corrected chi connectivity index (χ2v) is 4.91. The minimum Gasteiger partial charge on any atom is -1.00 e. The molecule has 22 heavy (non-hydrogen) atoms. The van der Waals surface area contributed by atoms with Crippen LogP contribution in [0.15, 0.2) is 29.1 Å². The van der Waals surface area contributed by atoms with Gasteiger partial charge in [0.1, 0.15) is 22.9 Å². The molecule has 0 amide bonds. The summed E-state index contributed by atoms with van der Waals surface area (Å²) in [5.41, 5.74) is 2.39. The second kappa shape index (κ2) is 7.13. The quantitative estimate of drug-likeness (QED) is 0.693. The van der Waals surface area contributed by atoms with Crippen LogP contribution in [0.2, 0.25) is 0 Å². The van der Waals surface area contributed by atoms with Gasteiger partial charge in [0.05, 0.1) is 21.2 Å². The van der Waals surface area contributed by atoms with E-state index >= 15 is 0 Å². The van der Waals surface area contributed by atoms with Crippen molar-refractivity contribution in [3.05, 3.63) is 51.7 Å². The van der Waals surface area contributed by atoms with Crippen LogP contribution < -0.4 is 27.4 Å². The van der Waals surface area contributed by atoms with Crippen molar-refractivity contribution in [3.63, 3.8) is 0 Å². The van der Waals surface area contributed by atoms with Crippen LogP contribution in [0.3, 0.4) is 0 Å². The van der Waals surface area contributed by atoms with Crippen molar-refractivity contribution in [3.8, 4) is 11.5 Å². The van der Waals surface area contributed by atoms with E-state index in [1.54, 1.807) is 42.5 Å². The lowest BCUT2D eigenvalue weighted by Gasteiger charge is -2.03. The third-order valence-corrected chi connectivity index (χ3v) is 3.44. The molecular formula is C16H19ClN2O3. The van der Waals surface area contributed by atoms with Crippen LogP contribution in [0.1, 0.15) is 17.0 Å². The van der Waals surface area contributed by atoms with Crippen molar-refractivity contribution >= 4 is 12.2 Å². The smallest absolute Gasteiger partial charge is 0.498 e. The van der Waals surface area contributed by atoms with Gasteiger partial charge in [-0.1, -0.05) is 6.08 Å². The highest BCUT2D eigenvalue weighted by Gasteiger charge is 2.11. The molecule has 1 aromatic heterocycles. The minimum atomic E-state index is -0.0804. The fourth-order valence-electron chi connectivity index (χ4n) is 2.06. The Balaban J connectivity index is 0.00000242. The summed E-state index contributed by atoms with van der Waals surface area (Å²) in [6.07, 6.45) is 3.67. The van der Waals surface area contributed by atoms with Crippen molar-refractivity contribution in [2.45, 2.75) is 6.92 Å². The normalized spacial score (nSPS) is 10.5. The lowest BCUT2D eigenvalue weighted by atomic mass is 10.1. The highest BCUT2D eigenvalue weighted by molar-refractivity contribution is 5.68. The van der Waals surface area contributed by atoms with Crippen molar-refractivity contribution < 1.29 is 26.8 Å². The molecule has 0 radical (unpaired) electrons. The molecule has 0 fully saturated rings. The van der Waals surface area contributed by atoms with E-state index in [1.807, 2.05) is 31.2 Å². The summed E-state index contributed by atoms with van der Waals surface area (Å²) in [4.78, 5) is 12.0. The number of aromatic hydroxyl groups is 1. The zero-order valence-electron chi connectivity index (χ0n) is 13.0. The first-order chi connectivity index (χ1) is 9.92. The third kappa shape index (κ3) is 3.68. The number of phenols is 1. The molecule has 0 saturated carbocycles. The van der Waals surface area contributed by atoms with Gasteiger partial charge < -0.3 is 22.3 Å². The molecule has 0 aliphatic rings. The van der Waals surface area contributed by atoms with Crippen LogP contribution in [0, 0.1) is 6.92 Å². The molecule has 1 heterocycles. The molecule has 1 aromatic carbocycles. The summed E-state index contributed by atoms with van der Waals surface area (Å²) < 4.78 is 8.28. The first-order valence-corrected chi connectivity index (χ1v) is 6.55. The Hall–Kier alpha value is -2.27. The molecule has 0 unspecified atom stereocenters. The zero-order valence-corrected chi connectivity index (χ0v) is 13.8. The van der Waals surface area contributed by atoms with Crippen molar-refractivity contribution in [2.75, 3.05) is 7.11 Å². The van der Waals surface area contributed by atoms with Crippen LogP contribution in [0.25, 0.3) is 12.2 Å². The summed E-state index contributed by atoms with van der Waals surface area (Å²) in [6, 6.07) is 6.91. The van der Waals surface area contributed by atoms with Gasteiger partial charge in [0, 0.05) is 12.1 Å². The number of rotatable bonds is 3. The first kappa shape index (κ1) is 17.8. The molecule has 1 N–H and O–H groups in total. The fourth-order valence-corrected chi connectivity index (χ4v) is 2.06. The number of nitrogens with zero attached hydrogens (tertiary/aromatic N) is 2. The Morgan fingerprint density at radius 2 is 1.91 bits per heavy atom. The summed E-state index contributed by atoms with van der Waals surface area (Å²) in [6.45, 7) is 1.89. The maximum absolute atomic E-state index is 12.0. The lowest BCUT2D eigenvalue weighted by molar-refractivity contribution is -0.692. The molecule has 0 spiro atoms. The molecule has 6 heteroatoms. The average molecular weight is 323 g/mol. The summed E-state index contributed by atoms with van der Waals surface area (Å²) in [5, 5.41) is 9.63. The lowest BCUT2D eigenvalue weighted by Crippen LogP contribution is -3.00. The average Bonchev–Trinajstić information content (AvgIpc) is 2.46. The van der Waals surface area contributed by atoms with E-state index in [0.29, 0.717) is 5.75 Å². The maximum atomic E-state index is 12.0. The predicted molar refractivity (Wildman–Crippen MR) is 81.2 cm³/mol. The van der Waals surface area contributed by atoms with Gasteiger partial charge in [0.25, 0.3) is 0 Å². The van der Waals surface area contributed by atoms with Crippen LogP contribution >= 0.6 is 0 Å². The molecule has 0 atom stereocenters. The third-order valence-electron chi connectivity index (χ3n) is 3.44. The Bertz CT molecular complexity index is 767. The van der Waals surface area contributed by atoms with E-state index in [1.165, 1.54) is 0 Å². The van der Waals surface area contributed by atoms with E-state index in [4.69, 9.17) is 4.74 Å². The molecule has 118 valence electrons. The number of phenolic OH excluding ortho intramolecular Hbond substituents is 1.